The van der Waals surface area contributed by atoms with Gasteiger partial charge in [0.15, 0.2) is 0 Å². The molecule has 0 rings (SSSR count). The Morgan fingerprint density at radius 2 is 1.77 bits per heavy atom. The predicted molar refractivity (Wildman–Crippen MR) is 56.8 cm³/mol. The first kappa shape index (κ1) is 14.0. The quantitative estimate of drug-likeness (QED) is 0.512. The average molecular weight is 182 g/mol. The van der Waals surface area contributed by atoms with Crippen molar-refractivity contribution in [3.8, 4) is 0 Å². The number of rotatable bonds is 3. The van der Waals surface area contributed by atoms with Crippen LogP contribution in [0.3, 0.4) is 0 Å². The van der Waals surface area contributed by atoms with E-state index in [4.69, 9.17) is 11.5 Å². The molecule has 0 unspecified atom stereocenters. The predicted octanol–water partition coefficient (Wildman–Crippen LogP) is 1.47. The Morgan fingerprint density at radius 3 is 2.00 bits per heavy atom. The minimum Gasteiger partial charge on any atom is -0.398 e. The molecule has 0 fully saturated rings. The number of amides is 1. The highest BCUT2D eigenvalue weighted by molar-refractivity contribution is 5.95. The second kappa shape index (κ2) is 8.59. The average Bonchev–Trinajstić information content (AvgIpc) is 2.09. The molecule has 0 aliphatic heterocycles. The highest BCUT2D eigenvalue weighted by atomic mass is 16.1. The molecule has 0 heterocycles. The molecule has 0 radical (unpaired) electrons. The van der Waals surface area contributed by atoms with Gasteiger partial charge < -0.3 is 11.5 Å². The molecule has 0 aliphatic carbocycles. The zero-order valence-electron chi connectivity index (χ0n) is 8.50. The van der Waals surface area contributed by atoms with E-state index in [1.807, 2.05) is 13.8 Å². The van der Waals surface area contributed by atoms with E-state index in [1.165, 1.54) is 6.08 Å². The number of carbonyl (C=O) groups excluding carboxylic acids is 1. The van der Waals surface area contributed by atoms with E-state index < -0.39 is 5.91 Å². The molecule has 4 N–H and O–H groups in total. The Kier molecular flexibility index (Phi) is 9.27. The van der Waals surface area contributed by atoms with Crippen molar-refractivity contribution < 1.29 is 4.79 Å². The lowest BCUT2D eigenvalue weighted by Crippen LogP contribution is -2.16. The van der Waals surface area contributed by atoms with Crippen LogP contribution in [0.1, 0.15) is 20.8 Å². The largest absolute Gasteiger partial charge is 0.398 e. The molecule has 3 heteroatoms. The van der Waals surface area contributed by atoms with E-state index in [1.54, 1.807) is 19.1 Å². The second-order valence-electron chi connectivity index (χ2n) is 1.94. The van der Waals surface area contributed by atoms with Gasteiger partial charge in [0.05, 0.1) is 5.57 Å². The van der Waals surface area contributed by atoms with Crippen molar-refractivity contribution in [2.24, 2.45) is 11.5 Å². The summed E-state index contributed by atoms with van der Waals surface area (Å²) in [4.78, 5) is 10.6. The van der Waals surface area contributed by atoms with Crippen LogP contribution < -0.4 is 11.5 Å². The lowest BCUT2D eigenvalue weighted by Gasteiger charge is -1.97. The summed E-state index contributed by atoms with van der Waals surface area (Å²) in [7, 11) is 0. The molecule has 0 aromatic heterocycles. The lowest BCUT2D eigenvalue weighted by molar-refractivity contribution is -0.114. The summed E-state index contributed by atoms with van der Waals surface area (Å²) in [5.41, 5.74) is 11.1. The standard InChI is InChI=1S/C8H12N2O.C2H6/c1-3-5-7(9)6(4-2)8(10)11;1-2/h3-5H,2,9H2,1H3,(H2,10,11);1-2H3/b5-3-,7-6-;. The minimum atomic E-state index is -0.560. The van der Waals surface area contributed by atoms with Gasteiger partial charge in [-0.2, -0.15) is 0 Å². The summed E-state index contributed by atoms with van der Waals surface area (Å²) in [5.74, 6) is -0.560. The fraction of sp³-hybridized carbons (Fsp3) is 0.300. The maximum atomic E-state index is 10.6. The molecule has 13 heavy (non-hydrogen) atoms. The van der Waals surface area contributed by atoms with E-state index in [9.17, 15) is 4.79 Å². The summed E-state index contributed by atoms with van der Waals surface area (Å²) in [6.07, 6.45) is 4.67. The lowest BCUT2D eigenvalue weighted by atomic mass is 10.2. The Bertz CT molecular complexity index is 227. The van der Waals surface area contributed by atoms with Crippen molar-refractivity contribution in [1.82, 2.24) is 0 Å². The minimum absolute atomic E-state index is 0.253. The van der Waals surface area contributed by atoms with Gasteiger partial charge in [0.25, 0.3) is 5.91 Å². The molecule has 0 aromatic rings. The Morgan fingerprint density at radius 1 is 1.31 bits per heavy atom. The van der Waals surface area contributed by atoms with Gasteiger partial charge in [-0.05, 0) is 13.0 Å². The first-order valence-electron chi connectivity index (χ1n) is 4.18. The number of primary amides is 1. The third-order valence-corrected chi connectivity index (χ3v) is 1.13. The smallest absolute Gasteiger partial charge is 0.250 e. The Labute approximate surface area is 79.8 Å². The van der Waals surface area contributed by atoms with E-state index >= 15 is 0 Å². The molecule has 1 amide bonds. The van der Waals surface area contributed by atoms with Gasteiger partial charge in [-0.25, -0.2) is 0 Å². The highest BCUT2D eigenvalue weighted by Gasteiger charge is 2.02. The third-order valence-electron chi connectivity index (χ3n) is 1.13. The zero-order chi connectivity index (χ0) is 10.9. The first-order valence-corrected chi connectivity index (χ1v) is 4.18. The van der Waals surface area contributed by atoms with Crippen LogP contribution in [0.25, 0.3) is 0 Å². The third kappa shape index (κ3) is 5.73. The van der Waals surface area contributed by atoms with Gasteiger partial charge in [0, 0.05) is 5.70 Å². The van der Waals surface area contributed by atoms with Crippen molar-refractivity contribution in [2.45, 2.75) is 20.8 Å². The van der Waals surface area contributed by atoms with Crippen LogP contribution in [0.5, 0.6) is 0 Å². The van der Waals surface area contributed by atoms with Crippen LogP contribution >= 0.6 is 0 Å². The number of allylic oxidation sites excluding steroid dienone is 2. The van der Waals surface area contributed by atoms with Crippen molar-refractivity contribution >= 4 is 5.91 Å². The highest BCUT2D eigenvalue weighted by Crippen LogP contribution is 2.00. The topological polar surface area (TPSA) is 69.1 Å². The molecule has 0 aliphatic rings. The molecule has 0 atom stereocenters. The summed E-state index contributed by atoms with van der Waals surface area (Å²) >= 11 is 0. The fourth-order valence-electron chi connectivity index (χ4n) is 0.630. The molecule has 0 aromatic carbocycles. The second-order valence-corrected chi connectivity index (χ2v) is 1.94. The van der Waals surface area contributed by atoms with Crippen molar-refractivity contribution in [3.05, 3.63) is 36.1 Å². The van der Waals surface area contributed by atoms with Gasteiger partial charge in [-0.3, -0.25) is 4.79 Å². The summed E-state index contributed by atoms with van der Waals surface area (Å²) in [6.45, 7) is 9.21. The summed E-state index contributed by atoms with van der Waals surface area (Å²) in [5, 5.41) is 0. The van der Waals surface area contributed by atoms with E-state index in [2.05, 4.69) is 6.58 Å². The van der Waals surface area contributed by atoms with E-state index in [0.29, 0.717) is 5.70 Å². The molecule has 0 spiro atoms. The maximum absolute atomic E-state index is 10.6. The van der Waals surface area contributed by atoms with Crippen LogP contribution in [-0.2, 0) is 4.79 Å². The van der Waals surface area contributed by atoms with Crippen molar-refractivity contribution in [2.75, 3.05) is 0 Å². The van der Waals surface area contributed by atoms with Gasteiger partial charge in [-0.15, -0.1) is 0 Å². The summed E-state index contributed by atoms with van der Waals surface area (Å²) in [6, 6.07) is 0. The maximum Gasteiger partial charge on any atom is 0.250 e. The van der Waals surface area contributed by atoms with Gasteiger partial charge in [-0.1, -0.05) is 32.6 Å². The van der Waals surface area contributed by atoms with Crippen molar-refractivity contribution in [3.63, 3.8) is 0 Å². The SMILES string of the molecule is C=C/C(C(N)=O)=C(N)\C=C/C.CC. The molecular formula is C10H18N2O. The van der Waals surface area contributed by atoms with Crippen LogP contribution in [0, 0.1) is 0 Å². The first-order chi connectivity index (χ1) is 6.13. The number of carbonyl (C=O) groups is 1. The van der Waals surface area contributed by atoms with Gasteiger partial charge in [0.1, 0.15) is 0 Å². The van der Waals surface area contributed by atoms with E-state index in [0.717, 1.165) is 0 Å². The van der Waals surface area contributed by atoms with Crippen LogP contribution in [0.15, 0.2) is 36.1 Å². The van der Waals surface area contributed by atoms with Crippen LogP contribution in [0.4, 0.5) is 0 Å². The van der Waals surface area contributed by atoms with E-state index in [-0.39, 0.29) is 5.57 Å². The van der Waals surface area contributed by atoms with Gasteiger partial charge in [0.2, 0.25) is 0 Å². The van der Waals surface area contributed by atoms with Crippen LogP contribution in [-0.4, -0.2) is 5.91 Å². The molecule has 74 valence electrons. The number of hydrogen-bond donors (Lipinski definition) is 2. The Hall–Kier alpha value is -1.51. The molecule has 3 nitrogen and oxygen atoms in total. The molecule has 0 saturated heterocycles. The monoisotopic (exact) mass is 182 g/mol. The summed E-state index contributed by atoms with van der Waals surface area (Å²) < 4.78 is 0. The Balaban J connectivity index is 0. The normalized spacial score (nSPS) is 11.3. The van der Waals surface area contributed by atoms with Crippen LogP contribution in [0.2, 0.25) is 0 Å². The number of hydrogen-bond acceptors (Lipinski definition) is 2. The van der Waals surface area contributed by atoms with Crippen molar-refractivity contribution in [1.29, 1.82) is 0 Å². The fourth-order valence-corrected chi connectivity index (χ4v) is 0.630. The number of nitrogens with two attached hydrogens (primary N) is 2. The van der Waals surface area contributed by atoms with Gasteiger partial charge >= 0.3 is 0 Å². The molecular weight excluding hydrogens is 164 g/mol. The molecule has 0 saturated carbocycles. The molecule has 0 bridgehead atoms. The zero-order valence-corrected chi connectivity index (χ0v) is 8.50.